The van der Waals surface area contributed by atoms with Gasteiger partial charge in [-0.15, -0.1) is 0 Å². The number of hydrogen-bond donors (Lipinski definition) is 2. The molecule has 2 aliphatic carbocycles. The summed E-state index contributed by atoms with van der Waals surface area (Å²) in [4.78, 5) is 24.5. The number of nitrogens with one attached hydrogen (secondary N) is 2. The zero-order chi connectivity index (χ0) is 19.9. The molecule has 3 rings (SSSR count). The van der Waals surface area contributed by atoms with Crippen LogP contribution in [0, 0.1) is 11.8 Å². The van der Waals surface area contributed by atoms with Crippen molar-refractivity contribution in [2.45, 2.75) is 65.2 Å². The molecule has 0 unspecified atom stereocenters. The Kier molecular flexibility index (Phi) is 6.95. The van der Waals surface area contributed by atoms with Crippen molar-refractivity contribution in [2.24, 2.45) is 22.0 Å². The zero-order valence-corrected chi connectivity index (χ0v) is 16.8. The molecule has 0 radical (unpaired) electrons. The van der Waals surface area contributed by atoms with Gasteiger partial charge in [-0.25, -0.2) is 10.9 Å². The summed E-state index contributed by atoms with van der Waals surface area (Å²) >= 11 is 0. The lowest BCUT2D eigenvalue weighted by molar-refractivity contribution is 0.0942. The molecule has 0 aromatic heterocycles. The molecular formula is C22H30N4O2. The summed E-state index contributed by atoms with van der Waals surface area (Å²) in [6.45, 7) is 4.42. The highest BCUT2D eigenvalue weighted by Crippen LogP contribution is 2.21. The van der Waals surface area contributed by atoms with Crippen LogP contribution in [-0.2, 0) is 0 Å². The number of benzene rings is 1. The Morgan fingerprint density at radius 2 is 1.18 bits per heavy atom. The highest BCUT2D eigenvalue weighted by Gasteiger charge is 2.16. The van der Waals surface area contributed by atoms with E-state index in [1.165, 1.54) is 12.8 Å². The molecule has 2 aliphatic rings. The molecule has 2 N–H and O–H groups in total. The fourth-order valence-electron chi connectivity index (χ4n) is 3.89. The minimum Gasteiger partial charge on any atom is -0.267 e. The minimum atomic E-state index is -0.255. The van der Waals surface area contributed by atoms with Crippen LogP contribution in [0.25, 0.3) is 0 Å². The van der Waals surface area contributed by atoms with Crippen molar-refractivity contribution in [3.05, 3.63) is 35.4 Å². The summed E-state index contributed by atoms with van der Waals surface area (Å²) in [5.41, 5.74) is 8.35. The summed E-state index contributed by atoms with van der Waals surface area (Å²) in [7, 11) is 0. The van der Waals surface area contributed by atoms with Gasteiger partial charge in [-0.2, -0.15) is 10.2 Å². The van der Waals surface area contributed by atoms with Gasteiger partial charge in [-0.3, -0.25) is 9.59 Å². The van der Waals surface area contributed by atoms with E-state index in [4.69, 9.17) is 0 Å². The monoisotopic (exact) mass is 382 g/mol. The Morgan fingerprint density at radius 1 is 0.786 bits per heavy atom. The molecule has 28 heavy (non-hydrogen) atoms. The average molecular weight is 383 g/mol. The fraction of sp³-hybridized carbons (Fsp3) is 0.545. The second-order valence-electron chi connectivity index (χ2n) is 8.22. The Morgan fingerprint density at radius 3 is 1.54 bits per heavy atom. The molecule has 0 spiro atoms. The van der Waals surface area contributed by atoms with Crippen LogP contribution >= 0.6 is 0 Å². The lowest BCUT2D eigenvalue weighted by Crippen LogP contribution is -2.23. The van der Waals surface area contributed by atoms with Crippen molar-refractivity contribution in [3.63, 3.8) is 0 Å². The molecule has 2 atom stereocenters. The number of amides is 2. The third kappa shape index (κ3) is 5.75. The Balaban J connectivity index is 1.53. The van der Waals surface area contributed by atoms with E-state index in [0.29, 0.717) is 23.0 Å². The minimum absolute atomic E-state index is 0.255. The van der Waals surface area contributed by atoms with Gasteiger partial charge in [-0.05, 0) is 87.5 Å². The van der Waals surface area contributed by atoms with Crippen molar-refractivity contribution < 1.29 is 9.59 Å². The molecule has 0 saturated heterocycles. The van der Waals surface area contributed by atoms with Crippen LogP contribution in [0.2, 0.25) is 0 Å². The van der Waals surface area contributed by atoms with Crippen LogP contribution in [0.5, 0.6) is 0 Å². The van der Waals surface area contributed by atoms with E-state index in [9.17, 15) is 9.59 Å². The largest absolute Gasteiger partial charge is 0.271 e. The van der Waals surface area contributed by atoms with Crippen LogP contribution in [-0.4, -0.2) is 23.2 Å². The van der Waals surface area contributed by atoms with Crippen LogP contribution in [0.4, 0.5) is 0 Å². The lowest BCUT2D eigenvalue weighted by Gasteiger charge is -2.19. The topological polar surface area (TPSA) is 82.9 Å². The average Bonchev–Trinajstić information content (AvgIpc) is 2.70. The number of hydrogen-bond acceptors (Lipinski definition) is 4. The summed E-state index contributed by atoms with van der Waals surface area (Å²) in [6.07, 6.45) is 8.49. The van der Waals surface area contributed by atoms with E-state index in [-0.39, 0.29) is 11.8 Å². The Bertz CT molecular complexity index is 702. The molecule has 2 fully saturated rings. The van der Waals surface area contributed by atoms with E-state index in [1.54, 1.807) is 24.3 Å². The number of hydrazone groups is 2. The van der Waals surface area contributed by atoms with Gasteiger partial charge >= 0.3 is 0 Å². The molecular weight excluding hydrogens is 352 g/mol. The maximum absolute atomic E-state index is 12.3. The number of carbonyl (C=O) groups excluding carboxylic acids is 2. The highest BCUT2D eigenvalue weighted by molar-refractivity contribution is 5.99. The summed E-state index contributed by atoms with van der Waals surface area (Å²) in [6, 6.07) is 6.57. The first kappa shape index (κ1) is 20.2. The first-order valence-electron chi connectivity index (χ1n) is 10.3. The summed E-state index contributed by atoms with van der Waals surface area (Å²) in [5.74, 6) is 0.744. The highest BCUT2D eigenvalue weighted by atomic mass is 16.2. The first-order valence-corrected chi connectivity index (χ1v) is 10.3. The summed E-state index contributed by atoms with van der Waals surface area (Å²) < 4.78 is 0. The fourth-order valence-corrected chi connectivity index (χ4v) is 3.89. The smallest absolute Gasteiger partial charge is 0.267 e. The van der Waals surface area contributed by atoms with E-state index in [0.717, 1.165) is 49.9 Å². The molecule has 150 valence electrons. The molecule has 6 heteroatoms. The first-order chi connectivity index (χ1) is 13.5. The Labute approximate surface area is 166 Å². The van der Waals surface area contributed by atoms with E-state index in [2.05, 4.69) is 34.9 Å². The number of nitrogens with zero attached hydrogens (tertiary/aromatic N) is 2. The van der Waals surface area contributed by atoms with Gasteiger partial charge in [0.1, 0.15) is 0 Å². The normalized spacial score (nSPS) is 25.5. The van der Waals surface area contributed by atoms with Crippen molar-refractivity contribution >= 4 is 23.2 Å². The van der Waals surface area contributed by atoms with Gasteiger partial charge in [0.15, 0.2) is 0 Å². The quantitative estimate of drug-likeness (QED) is 0.762. The second-order valence-corrected chi connectivity index (χ2v) is 8.22. The van der Waals surface area contributed by atoms with Crippen molar-refractivity contribution in [1.29, 1.82) is 0 Å². The Hall–Kier alpha value is -2.50. The van der Waals surface area contributed by atoms with Gasteiger partial charge < -0.3 is 0 Å². The maximum atomic E-state index is 12.3. The van der Waals surface area contributed by atoms with Crippen LogP contribution in [0.1, 0.15) is 85.9 Å². The lowest BCUT2D eigenvalue weighted by atomic mass is 9.89. The van der Waals surface area contributed by atoms with Gasteiger partial charge in [0.2, 0.25) is 0 Å². The van der Waals surface area contributed by atoms with Gasteiger partial charge in [0, 0.05) is 22.6 Å². The summed E-state index contributed by atoms with van der Waals surface area (Å²) in [5, 5.41) is 8.55. The van der Waals surface area contributed by atoms with Crippen molar-refractivity contribution in [1.82, 2.24) is 10.9 Å². The number of carbonyl (C=O) groups is 2. The van der Waals surface area contributed by atoms with Crippen LogP contribution in [0.15, 0.2) is 34.5 Å². The molecule has 1 aromatic rings. The van der Waals surface area contributed by atoms with Gasteiger partial charge in [-0.1, -0.05) is 13.8 Å². The molecule has 2 amide bonds. The molecule has 1 aromatic carbocycles. The third-order valence-electron chi connectivity index (χ3n) is 5.53. The molecule has 2 saturated carbocycles. The predicted molar refractivity (Wildman–Crippen MR) is 112 cm³/mol. The van der Waals surface area contributed by atoms with E-state index >= 15 is 0 Å². The van der Waals surface area contributed by atoms with Crippen molar-refractivity contribution in [3.8, 4) is 0 Å². The standard InChI is InChI=1S/C22H30N4O2/c1-15-5-3-7-19(13-15)23-25-21(27)17-9-11-18(12-10-17)22(28)26-24-20-8-4-6-16(2)14-20/h9-12,15-16H,3-8,13-14H2,1-2H3,(H,25,27)(H,26,28)/b23-19-,24-20-/t15-,16-/m1/s1. The van der Waals surface area contributed by atoms with Crippen molar-refractivity contribution in [2.75, 3.05) is 0 Å². The second kappa shape index (κ2) is 9.62. The van der Waals surface area contributed by atoms with E-state index < -0.39 is 0 Å². The molecule has 0 heterocycles. The van der Waals surface area contributed by atoms with Crippen LogP contribution in [0.3, 0.4) is 0 Å². The SMILES string of the molecule is C[C@@H]1CCC/C(=N/NC(=O)c2ccc(C(=O)N/N=C3/CCC[C@@H](C)C3)cc2)C1. The maximum Gasteiger partial charge on any atom is 0.271 e. The zero-order valence-electron chi connectivity index (χ0n) is 16.8. The third-order valence-corrected chi connectivity index (χ3v) is 5.53. The van der Waals surface area contributed by atoms with Crippen LogP contribution < -0.4 is 10.9 Å². The molecule has 0 aliphatic heterocycles. The van der Waals surface area contributed by atoms with E-state index in [1.807, 2.05) is 0 Å². The number of rotatable bonds is 4. The predicted octanol–water partition coefficient (Wildman–Crippen LogP) is 4.28. The molecule has 0 bridgehead atoms. The van der Waals surface area contributed by atoms with Gasteiger partial charge in [0.05, 0.1) is 0 Å². The molecule has 6 nitrogen and oxygen atoms in total. The van der Waals surface area contributed by atoms with Gasteiger partial charge in [0.25, 0.3) is 11.8 Å².